The first-order valence-corrected chi connectivity index (χ1v) is 4.54. The maximum atomic E-state index is 10.9. The Morgan fingerprint density at radius 2 is 2.20 bits per heavy atom. The van der Waals surface area contributed by atoms with Gasteiger partial charge >= 0.3 is 5.97 Å². The molecule has 0 saturated carbocycles. The average molecular weight is 202 g/mol. The summed E-state index contributed by atoms with van der Waals surface area (Å²) in [5.74, 6) is 0.862. The van der Waals surface area contributed by atoms with Gasteiger partial charge in [0.05, 0.1) is 5.56 Å². The van der Waals surface area contributed by atoms with Crippen molar-refractivity contribution in [2.24, 2.45) is 0 Å². The second-order valence-corrected chi connectivity index (χ2v) is 3.03. The van der Waals surface area contributed by atoms with E-state index >= 15 is 0 Å². The Hall–Kier alpha value is -2.10. The first-order chi connectivity index (χ1) is 7.27. The van der Waals surface area contributed by atoms with Crippen molar-refractivity contribution in [2.75, 3.05) is 0 Å². The predicted octanol–water partition coefficient (Wildman–Crippen LogP) is 2.00. The predicted molar refractivity (Wildman–Crippen MR) is 55.3 cm³/mol. The van der Waals surface area contributed by atoms with E-state index in [0.717, 1.165) is 5.56 Å². The van der Waals surface area contributed by atoms with Crippen molar-refractivity contribution in [1.29, 1.82) is 0 Å². The Bertz CT molecular complexity index is 463. The lowest BCUT2D eigenvalue weighted by molar-refractivity contribution is -0.131. The number of aromatic nitrogens is 2. The molecule has 0 unspecified atom stereocenters. The van der Waals surface area contributed by atoms with Crippen molar-refractivity contribution in [3.63, 3.8) is 0 Å². The molecular weight excluding hydrogens is 192 g/mol. The Balaban J connectivity index is 2.42. The minimum Gasteiger partial charge on any atom is -0.426 e. The molecule has 0 aliphatic rings. The summed E-state index contributed by atoms with van der Waals surface area (Å²) < 4.78 is 5.07. The number of H-pyrrole nitrogens is 1. The molecule has 76 valence electrons. The Labute approximate surface area is 86.9 Å². The summed E-state index contributed by atoms with van der Waals surface area (Å²) in [6, 6.07) is 7.26. The number of nitrogens with one attached hydrogen (secondary N) is 1. The molecule has 0 radical (unpaired) electrons. The SMILES string of the molecule is CC(=O)Oc1ccccc1-c1ncc[nH]1. The molecule has 0 aliphatic carbocycles. The van der Waals surface area contributed by atoms with Gasteiger partial charge in [-0.25, -0.2) is 4.98 Å². The molecule has 1 aromatic carbocycles. The van der Waals surface area contributed by atoms with Crippen LogP contribution in [0.3, 0.4) is 0 Å². The van der Waals surface area contributed by atoms with E-state index in [-0.39, 0.29) is 5.97 Å². The number of rotatable bonds is 2. The molecule has 2 aromatic rings. The van der Waals surface area contributed by atoms with E-state index in [2.05, 4.69) is 9.97 Å². The number of para-hydroxylation sites is 1. The van der Waals surface area contributed by atoms with Gasteiger partial charge in [-0.15, -0.1) is 0 Å². The van der Waals surface area contributed by atoms with E-state index < -0.39 is 0 Å². The van der Waals surface area contributed by atoms with Crippen molar-refractivity contribution >= 4 is 5.97 Å². The first-order valence-electron chi connectivity index (χ1n) is 4.54. The second kappa shape index (κ2) is 3.96. The standard InChI is InChI=1S/C11H10N2O2/c1-8(14)15-10-5-3-2-4-9(10)11-12-6-7-13-11/h2-7H,1H3,(H,12,13). The molecule has 1 aromatic heterocycles. The maximum absolute atomic E-state index is 10.9. The molecule has 0 aliphatic heterocycles. The van der Waals surface area contributed by atoms with Crippen molar-refractivity contribution in [3.05, 3.63) is 36.7 Å². The molecule has 0 saturated heterocycles. The van der Waals surface area contributed by atoms with Crippen LogP contribution in [0.15, 0.2) is 36.7 Å². The Kier molecular flexibility index (Phi) is 2.49. The fourth-order valence-electron chi connectivity index (χ4n) is 1.32. The molecule has 15 heavy (non-hydrogen) atoms. The zero-order valence-corrected chi connectivity index (χ0v) is 8.23. The summed E-state index contributed by atoms with van der Waals surface area (Å²) >= 11 is 0. The number of benzene rings is 1. The lowest BCUT2D eigenvalue weighted by Crippen LogP contribution is -2.02. The highest BCUT2D eigenvalue weighted by atomic mass is 16.5. The van der Waals surface area contributed by atoms with E-state index in [0.29, 0.717) is 11.6 Å². The number of esters is 1. The molecule has 4 nitrogen and oxygen atoms in total. The summed E-state index contributed by atoms with van der Waals surface area (Å²) in [5, 5.41) is 0. The molecule has 1 heterocycles. The molecule has 0 bridgehead atoms. The summed E-state index contributed by atoms with van der Waals surface area (Å²) in [6.45, 7) is 1.37. The number of imidazole rings is 1. The van der Waals surface area contributed by atoms with E-state index in [9.17, 15) is 4.79 Å². The van der Waals surface area contributed by atoms with Crippen LogP contribution in [0.2, 0.25) is 0 Å². The van der Waals surface area contributed by atoms with Gasteiger partial charge in [0.1, 0.15) is 11.6 Å². The number of aromatic amines is 1. The van der Waals surface area contributed by atoms with Crippen LogP contribution in [0.1, 0.15) is 6.92 Å². The van der Waals surface area contributed by atoms with Gasteiger partial charge in [0, 0.05) is 19.3 Å². The van der Waals surface area contributed by atoms with Crippen LogP contribution in [0.4, 0.5) is 0 Å². The molecule has 2 rings (SSSR count). The van der Waals surface area contributed by atoms with E-state index in [1.54, 1.807) is 18.5 Å². The molecule has 0 amide bonds. The van der Waals surface area contributed by atoms with Crippen molar-refractivity contribution in [2.45, 2.75) is 6.92 Å². The van der Waals surface area contributed by atoms with E-state index in [4.69, 9.17) is 4.74 Å². The first kappa shape index (κ1) is 9.45. The molecule has 0 spiro atoms. The quantitative estimate of drug-likeness (QED) is 0.598. The van der Waals surface area contributed by atoms with Gasteiger partial charge in [0.2, 0.25) is 0 Å². The maximum Gasteiger partial charge on any atom is 0.308 e. The van der Waals surface area contributed by atoms with Gasteiger partial charge in [-0.05, 0) is 12.1 Å². The summed E-state index contributed by atoms with van der Waals surface area (Å²) in [4.78, 5) is 18.0. The van der Waals surface area contributed by atoms with Crippen LogP contribution in [0, 0.1) is 0 Å². The van der Waals surface area contributed by atoms with Crippen LogP contribution in [0.5, 0.6) is 5.75 Å². The van der Waals surface area contributed by atoms with Gasteiger partial charge in [0.15, 0.2) is 0 Å². The van der Waals surface area contributed by atoms with E-state index in [1.807, 2.05) is 18.2 Å². The van der Waals surface area contributed by atoms with Gasteiger partial charge in [-0.1, -0.05) is 12.1 Å². The van der Waals surface area contributed by atoms with Crippen LogP contribution < -0.4 is 4.74 Å². The number of carbonyl (C=O) groups is 1. The highest BCUT2D eigenvalue weighted by Gasteiger charge is 2.08. The van der Waals surface area contributed by atoms with Gasteiger partial charge in [0.25, 0.3) is 0 Å². The fraction of sp³-hybridized carbons (Fsp3) is 0.0909. The van der Waals surface area contributed by atoms with Crippen LogP contribution >= 0.6 is 0 Å². The van der Waals surface area contributed by atoms with Crippen LogP contribution in [-0.4, -0.2) is 15.9 Å². The lowest BCUT2D eigenvalue weighted by atomic mass is 10.2. The number of hydrogen-bond acceptors (Lipinski definition) is 3. The normalized spacial score (nSPS) is 9.93. The van der Waals surface area contributed by atoms with Gasteiger partial charge in [-0.3, -0.25) is 4.79 Å². The zero-order chi connectivity index (χ0) is 10.7. The Morgan fingerprint density at radius 1 is 1.40 bits per heavy atom. The van der Waals surface area contributed by atoms with Crippen molar-refractivity contribution in [3.8, 4) is 17.1 Å². The summed E-state index contributed by atoms with van der Waals surface area (Å²) in [5.41, 5.74) is 0.776. The molecular formula is C11H10N2O2. The largest absolute Gasteiger partial charge is 0.426 e. The van der Waals surface area contributed by atoms with Crippen LogP contribution in [-0.2, 0) is 4.79 Å². The van der Waals surface area contributed by atoms with Gasteiger partial charge < -0.3 is 9.72 Å². The lowest BCUT2D eigenvalue weighted by Gasteiger charge is -2.05. The van der Waals surface area contributed by atoms with Crippen molar-refractivity contribution < 1.29 is 9.53 Å². The monoisotopic (exact) mass is 202 g/mol. The fourth-order valence-corrected chi connectivity index (χ4v) is 1.32. The van der Waals surface area contributed by atoms with Crippen LogP contribution in [0.25, 0.3) is 11.4 Å². The average Bonchev–Trinajstić information content (AvgIpc) is 2.70. The second-order valence-electron chi connectivity index (χ2n) is 3.03. The topological polar surface area (TPSA) is 55.0 Å². The Morgan fingerprint density at radius 3 is 2.87 bits per heavy atom. The number of hydrogen-bond donors (Lipinski definition) is 1. The summed E-state index contributed by atoms with van der Waals surface area (Å²) in [7, 11) is 0. The minimum atomic E-state index is -0.339. The third-order valence-corrected chi connectivity index (χ3v) is 1.89. The highest BCUT2D eigenvalue weighted by Crippen LogP contribution is 2.26. The summed E-state index contributed by atoms with van der Waals surface area (Å²) in [6.07, 6.45) is 3.37. The number of carbonyl (C=O) groups excluding carboxylic acids is 1. The van der Waals surface area contributed by atoms with E-state index in [1.165, 1.54) is 6.92 Å². The van der Waals surface area contributed by atoms with Gasteiger partial charge in [-0.2, -0.15) is 0 Å². The third kappa shape index (κ3) is 2.04. The molecule has 1 N–H and O–H groups in total. The molecule has 0 fully saturated rings. The number of ether oxygens (including phenoxy) is 1. The van der Waals surface area contributed by atoms with Crippen molar-refractivity contribution in [1.82, 2.24) is 9.97 Å². The smallest absolute Gasteiger partial charge is 0.308 e. The highest BCUT2D eigenvalue weighted by molar-refractivity contribution is 5.74. The zero-order valence-electron chi connectivity index (χ0n) is 8.23. The third-order valence-electron chi connectivity index (χ3n) is 1.89. The molecule has 0 atom stereocenters. The minimum absolute atomic E-state index is 0.339. The number of nitrogens with zero attached hydrogens (tertiary/aromatic N) is 1. The molecule has 4 heteroatoms.